The summed E-state index contributed by atoms with van der Waals surface area (Å²) < 4.78 is 8.20. The summed E-state index contributed by atoms with van der Waals surface area (Å²) >= 11 is 1.64. The van der Waals surface area contributed by atoms with E-state index in [1.165, 1.54) is 11.1 Å². The Balaban J connectivity index is 1.52. The van der Waals surface area contributed by atoms with Crippen molar-refractivity contribution in [3.63, 3.8) is 0 Å². The number of ether oxygens (including phenoxy) is 1. The van der Waals surface area contributed by atoms with Gasteiger partial charge in [0.25, 0.3) is 5.91 Å². The van der Waals surface area contributed by atoms with Crippen molar-refractivity contribution in [2.45, 2.75) is 38.7 Å². The molecular formula is C24H25N3O3S. The van der Waals surface area contributed by atoms with Crippen LogP contribution in [0.15, 0.2) is 29.6 Å². The first-order chi connectivity index (χ1) is 15.1. The zero-order chi connectivity index (χ0) is 21.1. The number of thiophene rings is 1. The zero-order valence-electron chi connectivity index (χ0n) is 17.5. The third-order valence-electron chi connectivity index (χ3n) is 6.59. The van der Waals surface area contributed by atoms with Gasteiger partial charge >= 0.3 is 0 Å². The molecule has 160 valence electrons. The number of benzene rings is 1. The van der Waals surface area contributed by atoms with E-state index in [-0.39, 0.29) is 5.91 Å². The van der Waals surface area contributed by atoms with E-state index in [1.54, 1.807) is 16.2 Å². The average Bonchev–Trinajstić information content (AvgIpc) is 3.51. The normalized spacial score (nSPS) is 21.9. The summed E-state index contributed by atoms with van der Waals surface area (Å²) in [5, 5.41) is 12.0. The summed E-state index contributed by atoms with van der Waals surface area (Å²) in [5.41, 5.74) is 5.10. The fourth-order valence-corrected chi connectivity index (χ4v) is 5.74. The molecule has 1 aromatic carbocycles. The topological polar surface area (TPSA) is 67.6 Å². The van der Waals surface area contributed by atoms with E-state index in [1.807, 2.05) is 11.4 Å². The van der Waals surface area contributed by atoms with E-state index in [4.69, 9.17) is 9.72 Å². The van der Waals surface area contributed by atoms with Crippen LogP contribution in [0.2, 0.25) is 0 Å². The number of amides is 1. The number of β-amino-alcohol motifs (C(OH)–C–C–N with tert-alkyl or cyclic N) is 1. The molecule has 0 radical (unpaired) electrons. The van der Waals surface area contributed by atoms with Gasteiger partial charge in [0.05, 0.1) is 29.0 Å². The Bertz CT molecular complexity index is 1170. The highest BCUT2D eigenvalue weighted by atomic mass is 32.1. The summed E-state index contributed by atoms with van der Waals surface area (Å²) in [4.78, 5) is 21.0. The Morgan fingerprint density at radius 3 is 2.97 bits per heavy atom. The van der Waals surface area contributed by atoms with Gasteiger partial charge in [-0.05, 0) is 66.3 Å². The van der Waals surface area contributed by atoms with Crippen molar-refractivity contribution in [3.8, 4) is 22.1 Å². The SMILES string of the molecule is CC1COc2cc3c(cc2C1)-n1c(-c2cccs2)nc(C(=O)N2CCC(O)C2)c1CC3. The van der Waals surface area contributed by atoms with Crippen molar-refractivity contribution in [2.24, 2.45) is 5.92 Å². The monoisotopic (exact) mass is 435 g/mol. The molecule has 0 aliphatic carbocycles. The van der Waals surface area contributed by atoms with Crippen LogP contribution in [-0.2, 0) is 19.3 Å². The molecule has 0 bridgehead atoms. The molecule has 5 heterocycles. The molecule has 6 rings (SSSR count). The number of fused-ring (bicyclic) bond motifs is 4. The van der Waals surface area contributed by atoms with Gasteiger partial charge in [0, 0.05) is 13.1 Å². The minimum atomic E-state index is -0.437. The second kappa shape index (κ2) is 7.21. The lowest BCUT2D eigenvalue weighted by molar-refractivity contribution is 0.0758. The molecule has 2 atom stereocenters. The number of aryl methyl sites for hydroxylation is 1. The second-order valence-corrected chi connectivity index (χ2v) is 9.89. The molecule has 7 heteroatoms. The highest BCUT2D eigenvalue weighted by molar-refractivity contribution is 7.13. The number of aliphatic hydroxyl groups excluding tert-OH is 1. The number of aliphatic hydroxyl groups is 1. The molecule has 2 unspecified atom stereocenters. The lowest BCUT2D eigenvalue weighted by Gasteiger charge is -2.28. The standard InChI is InChI=1S/C24H25N3O3S/c1-14-9-16-10-19-15(11-20(16)30-13-14)4-5-18-22(24(29)26-7-6-17(28)12-26)25-23(27(18)19)21-3-2-8-31-21/h2-3,8,10-11,14,17,28H,4-7,9,12-13H2,1H3. The molecule has 6 nitrogen and oxygen atoms in total. The first kappa shape index (κ1) is 19.1. The van der Waals surface area contributed by atoms with Gasteiger partial charge in [-0.15, -0.1) is 11.3 Å². The molecule has 1 amide bonds. The maximum atomic E-state index is 13.4. The van der Waals surface area contributed by atoms with Crippen LogP contribution in [0.25, 0.3) is 16.4 Å². The van der Waals surface area contributed by atoms with Crippen molar-refractivity contribution in [2.75, 3.05) is 19.7 Å². The van der Waals surface area contributed by atoms with Crippen molar-refractivity contribution in [1.29, 1.82) is 0 Å². The van der Waals surface area contributed by atoms with E-state index < -0.39 is 6.10 Å². The van der Waals surface area contributed by atoms with Crippen molar-refractivity contribution in [3.05, 3.63) is 52.2 Å². The number of imidazole rings is 1. The van der Waals surface area contributed by atoms with Gasteiger partial charge in [0.15, 0.2) is 11.5 Å². The number of aromatic nitrogens is 2. The fourth-order valence-electron chi connectivity index (χ4n) is 5.04. The summed E-state index contributed by atoms with van der Waals surface area (Å²) in [6, 6.07) is 8.52. The highest BCUT2D eigenvalue weighted by Crippen LogP contribution is 2.39. The third kappa shape index (κ3) is 3.10. The average molecular weight is 436 g/mol. The smallest absolute Gasteiger partial charge is 0.274 e. The molecule has 0 spiro atoms. The molecule has 1 N–H and O–H groups in total. The molecule has 31 heavy (non-hydrogen) atoms. The van der Waals surface area contributed by atoms with Crippen molar-refractivity contribution in [1.82, 2.24) is 14.5 Å². The molecule has 2 aromatic heterocycles. The van der Waals surface area contributed by atoms with Crippen LogP contribution >= 0.6 is 11.3 Å². The predicted molar refractivity (Wildman–Crippen MR) is 119 cm³/mol. The Labute approximate surface area is 185 Å². The van der Waals surface area contributed by atoms with Gasteiger partial charge in [0.1, 0.15) is 5.75 Å². The van der Waals surface area contributed by atoms with Crippen LogP contribution in [0.3, 0.4) is 0 Å². The Hall–Kier alpha value is -2.64. The lowest BCUT2D eigenvalue weighted by Crippen LogP contribution is -2.31. The zero-order valence-corrected chi connectivity index (χ0v) is 18.3. The number of rotatable bonds is 2. The van der Waals surface area contributed by atoms with Gasteiger partial charge in [0.2, 0.25) is 0 Å². The molecule has 1 fully saturated rings. The number of carbonyl (C=O) groups excluding carboxylic acids is 1. The Morgan fingerprint density at radius 2 is 2.19 bits per heavy atom. The van der Waals surface area contributed by atoms with E-state index in [2.05, 4.69) is 29.7 Å². The van der Waals surface area contributed by atoms with Gasteiger partial charge in [-0.25, -0.2) is 4.98 Å². The lowest BCUT2D eigenvalue weighted by atomic mass is 9.92. The Kier molecular flexibility index (Phi) is 4.43. The van der Waals surface area contributed by atoms with Gasteiger partial charge < -0.3 is 14.7 Å². The maximum Gasteiger partial charge on any atom is 0.274 e. The van der Waals surface area contributed by atoms with Crippen LogP contribution in [0.1, 0.15) is 40.7 Å². The first-order valence-corrected chi connectivity index (χ1v) is 11.9. The van der Waals surface area contributed by atoms with Crippen LogP contribution in [0, 0.1) is 5.92 Å². The number of hydrogen-bond donors (Lipinski definition) is 1. The summed E-state index contributed by atoms with van der Waals surface area (Å²) in [7, 11) is 0. The van der Waals surface area contributed by atoms with Crippen molar-refractivity contribution >= 4 is 17.2 Å². The third-order valence-corrected chi connectivity index (χ3v) is 7.46. The van der Waals surface area contributed by atoms with Gasteiger partial charge in [-0.3, -0.25) is 9.36 Å². The van der Waals surface area contributed by atoms with Crippen LogP contribution in [0.4, 0.5) is 0 Å². The highest BCUT2D eigenvalue weighted by Gasteiger charge is 2.34. The summed E-state index contributed by atoms with van der Waals surface area (Å²) in [6.45, 7) is 3.95. The predicted octanol–water partition coefficient (Wildman–Crippen LogP) is 3.48. The quantitative estimate of drug-likeness (QED) is 0.669. The summed E-state index contributed by atoms with van der Waals surface area (Å²) in [5.74, 6) is 2.26. The van der Waals surface area contributed by atoms with E-state index in [0.717, 1.165) is 53.7 Å². The molecule has 3 aliphatic rings. The van der Waals surface area contributed by atoms with E-state index in [9.17, 15) is 9.90 Å². The molecule has 3 aliphatic heterocycles. The van der Waals surface area contributed by atoms with Gasteiger partial charge in [-0.1, -0.05) is 13.0 Å². The van der Waals surface area contributed by atoms with E-state index >= 15 is 0 Å². The minimum Gasteiger partial charge on any atom is -0.493 e. The molecule has 0 saturated carbocycles. The van der Waals surface area contributed by atoms with Crippen LogP contribution in [-0.4, -0.2) is 51.3 Å². The van der Waals surface area contributed by atoms with Gasteiger partial charge in [-0.2, -0.15) is 0 Å². The largest absolute Gasteiger partial charge is 0.493 e. The maximum absolute atomic E-state index is 13.4. The number of nitrogens with zero attached hydrogens (tertiary/aromatic N) is 3. The fraction of sp³-hybridized carbons (Fsp3) is 0.417. The number of hydrogen-bond acceptors (Lipinski definition) is 5. The van der Waals surface area contributed by atoms with Crippen molar-refractivity contribution < 1.29 is 14.6 Å². The molecule has 1 saturated heterocycles. The molecular weight excluding hydrogens is 410 g/mol. The molecule has 3 aromatic rings. The second-order valence-electron chi connectivity index (χ2n) is 8.95. The number of likely N-dealkylation sites (tertiary alicyclic amines) is 1. The Morgan fingerprint density at radius 1 is 1.29 bits per heavy atom. The summed E-state index contributed by atoms with van der Waals surface area (Å²) in [6.07, 6.45) is 2.82. The first-order valence-electron chi connectivity index (χ1n) is 11.0. The number of carbonyl (C=O) groups is 1. The minimum absolute atomic E-state index is 0.0681. The van der Waals surface area contributed by atoms with E-state index in [0.29, 0.717) is 31.1 Å². The van der Waals surface area contributed by atoms with Crippen LogP contribution in [0.5, 0.6) is 5.75 Å². The van der Waals surface area contributed by atoms with Crippen LogP contribution < -0.4 is 4.74 Å².